The molecule has 1 fully saturated rings. The van der Waals surface area contributed by atoms with Crippen molar-refractivity contribution in [1.29, 1.82) is 0 Å². The normalized spacial score (nSPS) is 26.4. The molecule has 0 aromatic heterocycles. The summed E-state index contributed by atoms with van der Waals surface area (Å²) in [6.07, 6.45) is 3.15. The van der Waals surface area contributed by atoms with Crippen LogP contribution in [0.25, 0.3) is 0 Å². The molecule has 0 amide bonds. The summed E-state index contributed by atoms with van der Waals surface area (Å²) in [6, 6.07) is 3.95. The quantitative estimate of drug-likeness (QED) is 0.862. The summed E-state index contributed by atoms with van der Waals surface area (Å²) >= 11 is 0. The molecule has 112 valence electrons. The number of hydrogen-bond acceptors (Lipinski definition) is 1. The summed E-state index contributed by atoms with van der Waals surface area (Å²) in [5.74, 6) is -0.284. The summed E-state index contributed by atoms with van der Waals surface area (Å²) in [6.45, 7) is 9.29. The Bertz CT molecular complexity index is 450. The fraction of sp³-hybridized carbons (Fsp3) is 0.647. The van der Waals surface area contributed by atoms with Crippen molar-refractivity contribution in [1.82, 2.24) is 5.32 Å². The van der Waals surface area contributed by atoms with Gasteiger partial charge < -0.3 is 5.32 Å². The first-order chi connectivity index (χ1) is 9.24. The Hall–Kier alpha value is -0.960. The van der Waals surface area contributed by atoms with Gasteiger partial charge in [0, 0.05) is 23.6 Å². The molecule has 0 heterocycles. The van der Waals surface area contributed by atoms with Crippen LogP contribution in [0.1, 0.15) is 52.5 Å². The van der Waals surface area contributed by atoms with Crippen LogP contribution in [-0.4, -0.2) is 12.1 Å². The third-order valence-corrected chi connectivity index (χ3v) is 4.37. The summed E-state index contributed by atoms with van der Waals surface area (Å²) in [4.78, 5) is 0. The van der Waals surface area contributed by atoms with Crippen LogP contribution < -0.4 is 5.32 Å². The summed E-state index contributed by atoms with van der Waals surface area (Å²) in [7, 11) is 0. The molecular weight excluding hydrogens is 256 g/mol. The lowest BCUT2D eigenvalue weighted by molar-refractivity contribution is 0.124. The maximum atomic E-state index is 13.5. The van der Waals surface area contributed by atoms with Gasteiger partial charge in [-0.15, -0.1) is 0 Å². The number of rotatable bonds is 4. The SMILES string of the molecule is CCC1CC(CNC(C)(C)C)(c2cc(F)cc(F)c2)C1. The zero-order valence-electron chi connectivity index (χ0n) is 12.9. The third-order valence-electron chi connectivity index (χ3n) is 4.37. The fourth-order valence-corrected chi connectivity index (χ4v) is 3.11. The van der Waals surface area contributed by atoms with Gasteiger partial charge in [0.2, 0.25) is 0 Å². The van der Waals surface area contributed by atoms with Crippen molar-refractivity contribution in [2.45, 2.75) is 57.9 Å². The molecule has 0 atom stereocenters. The minimum atomic E-state index is -0.477. The Morgan fingerprint density at radius 3 is 2.15 bits per heavy atom. The van der Waals surface area contributed by atoms with Crippen molar-refractivity contribution in [3.8, 4) is 0 Å². The van der Waals surface area contributed by atoms with Crippen LogP contribution in [0.2, 0.25) is 0 Å². The summed E-state index contributed by atoms with van der Waals surface area (Å²) in [5.41, 5.74) is 0.698. The van der Waals surface area contributed by atoms with Crippen molar-refractivity contribution < 1.29 is 8.78 Å². The van der Waals surface area contributed by atoms with E-state index < -0.39 is 11.6 Å². The van der Waals surface area contributed by atoms with Gasteiger partial charge in [-0.3, -0.25) is 0 Å². The molecule has 1 aliphatic rings. The van der Waals surface area contributed by atoms with Gasteiger partial charge in [0.1, 0.15) is 11.6 Å². The third kappa shape index (κ3) is 3.38. The highest BCUT2D eigenvalue weighted by molar-refractivity contribution is 5.31. The van der Waals surface area contributed by atoms with Gasteiger partial charge in [-0.25, -0.2) is 8.78 Å². The standard InChI is InChI=1S/C17H25F2N/c1-5-12-9-17(10-12,11-20-16(2,3)4)13-6-14(18)8-15(19)7-13/h6-8,12,20H,5,9-11H2,1-4H3. The Balaban J connectivity index is 2.23. The van der Waals surface area contributed by atoms with E-state index in [0.717, 1.165) is 37.4 Å². The predicted molar refractivity (Wildman–Crippen MR) is 78.8 cm³/mol. The molecule has 3 heteroatoms. The first kappa shape index (κ1) is 15.4. The largest absolute Gasteiger partial charge is 0.311 e. The second kappa shape index (κ2) is 5.44. The highest BCUT2D eigenvalue weighted by atomic mass is 19.1. The average molecular weight is 281 g/mol. The molecule has 0 aliphatic heterocycles. The lowest BCUT2D eigenvalue weighted by atomic mass is 9.57. The van der Waals surface area contributed by atoms with Crippen LogP contribution in [0.3, 0.4) is 0 Å². The number of benzene rings is 1. The van der Waals surface area contributed by atoms with E-state index in [9.17, 15) is 8.78 Å². The van der Waals surface area contributed by atoms with Crippen molar-refractivity contribution in [2.75, 3.05) is 6.54 Å². The van der Waals surface area contributed by atoms with E-state index in [1.165, 1.54) is 12.1 Å². The van der Waals surface area contributed by atoms with Crippen LogP contribution in [0, 0.1) is 17.6 Å². The molecule has 0 unspecified atom stereocenters. The van der Waals surface area contributed by atoms with Crippen molar-refractivity contribution in [2.24, 2.45) is 5.92 Å². The molecule has 0 spiro atoms. The molecule has 0 saturated heterocycles. The van der Waals surface area contributed by atoms with E-state index in [2.05, 4.69) is 33.0 Å². The molecular formula is C17H25F2N. The van der Waals surface area contributed by atoms with Crippen LogP contribution >= 0.6 is 0 Å². The van der Waals surface area contributed by atoms with E-state index >= 15 is 0 Å². The molecule has 2 rings (SSSR count). The maximum Gasteiger partial charge on any atom is 0.126 e. The molecule has 0 radical (unpaired) electrons. The van der Waals surface area contributed by atoms with Gasteiger partial charge in [0.15, 0.2) is 0 Å². The molecule has 1 N–H and O–H groups in total. The molecule has 1 nitrogen and oxygen atoms in total. The first-order valence-corrected chi connectivity index (χ1v) is 7.46. The van der Waals surface area contributed by atoms with Gasteiger partial charge in [-0.1, -0.05) is 13.3 Å². The monoisotopic (exact) mass is 281 g/mol. The lowest BCUT2D eigenvalue weighted by Gasteiger charge is -2.49. The highest BCUT2D eigenvalue weighted by Gasteiger charge is 2.45. The minimum absolute atomic E-state index is 0.0101. The number of nitrogens with one attached hydrogen (secondary N) is 1. The number of halogens is 2. The van der Waals surface area contributed by atoms with E-state index in [0.29, 0.717) is 5.92 Å². The second-order valence-corrected chi connectivity index (χ2v) is 7.22. The van der Waals surface area contributed by atoms with Crippen LogP contribution in [0.15, 0.2) is 18.2 Å². The lowest BCUT2D eigenvalue weighted by Crippen LogP contribution is -2.52. The van der Waals surface area contributed by atoms with Gasteiger partial charge in [-0.05, 0) is 57.2 Å². The van der Waals surface area contributed by atoms with Crippen LogP contribution in [-0.2, 0) is 5.41 Å². The van der Waals surface area contributed by atoms with Crippen LogP contribution in [0.5, 0.6) is 0 Å². The molecule has 1 aromatic carbocycles. The Morgan fingerprint density at radius 1 is 1.15 bits per heavy atom. The molecule has 1 aliphatic carbocycles. The number of hydrogen-bond donors (Lipinski definition) is 1. The Kier molecular flexibility index (Phi) is 4.19. The van der Waals surface area contributed by atoms with Crippen molar-refractivity contribution in [3.05, 3.63) is 35.4 Å². The highest BCUT2D eigenvalue weighted by Crippen LogP contribution is 2.49. The summed E-state index contributed by atoms with van der Waals surface area (Å²) in [5, 5.41) is 3.50. The predicted octanol–water partition coefficient (Wildman–Crippen LogP) is 4.41. The zero-order valence-corrected chi connectivity index (χ0v) is 12.9. The second-order valence-electron chi connectivity index (χ2n) is 7.22. The van der Waals surface area contributed by atoms with Crippen molar-refractivity contribution >= 4 is 0 Å². The smallest absolute Gasteiger partial charge is 0.126 e. The maximum absolute atomic E-state index is 13.5. The van der Waals surface area contributed by atoms with Gasteiger partial charge in [-0.2, -0.15) is 0 Å². The topological polar surface area (TPSA) is 12.0 Å². The van der Waals surface area contributed by atoms with E-state index in [4.69, 9.17) is 0 Å². The van der Waals surface area contributed by atoms with E-state index in [1.807, 2.05) is 0 Å². The Morgan fingerprint density at radius 2 is 1.70 bits per heavy atom. The zero-order chi connectivity index (χ0) is 15.0. The molecule has 0 bridgehead atoms. The van der Waals surface area contributed by atoms with Gasteiger partial charge >= 0.3 is 0 Å². The Labute approximate surface area is 120 Å². The first-order valence-electron chi connectivity index (χ1n) is 7.46. The summed E-state index contributed by atoms with van der Waals surface area (Å²) < 4.78 is 27.0. The molecule has 20 heavy (non-hydrogen) atoms. The van der Waals surface area contributed by atoms with Gasteiger partial charge in [0.05, 0.1) is 0 Å². The molecule has 1 saturated carbocycles. The minimum Gasteiger partial charge on any atom is -0.311 e. The van der Waals surface area contributed by atoms with Crippen molar-refractivity contribution in [3.63, 3.8) is 0 Å². The van der Waals surface area contributed by atoms with E-state index in [1.54, 1.807) is 0 Å². The molecule has 1 aromatic rings. The van der Waals surface area contributed by atoms with Crippen LogP contribution in [0.4, 0.5) is 8.78 Å². The fourth-order valence-electron chi connectivity index (χ4n) is 3.11. The van der Waals surface area contributed by atoms with Gasteiger partial charge in [0.25, 0.3) is 0 Å². The van der Waals surface area contributed by atoms with E-state index in [-0.39, 0.29) is 11.0 Å². The average Bonchev–Trinajstić information content (AvgIpc) is 2.25.